The number of anilines is 1. The molecule has 170 valence electrons. The predicted molar refractivity (Wildman–Crippen MR) is 114 cm³/mol. The number of rotatable bonds is 10. The van der Waals surface area contributed by atoms with Gasteiger partial charge in [-0.2, -0.15) is 21.9 Å². The predicted octanol–water partition coefficient (Wildman–Crippen LogP) is 3.29. The van der Waals surface area contributed by atoms with Crippen LogP contribution in [0.25, 0.3) is 0 Å². The van der Waals surface area contributed by atoms with E-state index in [-0.39, 0.29) is 36.0 Å². The number of nitrogen functional groups attached to an aromatic ring is 1. The van der Waals surface area contributed by atoms with Gasteiger partial charge < -0.3 is 15.2 Å². The highest BCUT2D eigenvalue weighted by molar-refractivity contribution is 7.86. The Kier molecular flexibility index (Phi) is 7.95. The van der Waals surface area contributed by atoms with Crippen LogP contribution in [0, 0.1) is 6.92 Å². The van der Waals surface area contributed by atoms with Crippen molar-refractivity contribution >= 4 is 37.3 Å². The summed E-state index contributed by atoms with van der Waals surface area (Å²) in [6, 6.07) is 7.04. The van der Waals surface area contributed by atoms with Crippen molar-refractivity contribution in [1.29, 1.82) is 0 Å². The summed E-state index contributed by atoms with van der Waals surface area (Å²) in [5.41, 5.74) is 7.16. The third-order valence-electron chi connectivity index (χ3n) is 4.09. The molecule has 4 N–H and O–H groups in total. The zero-order chi connectivity index (χ0) is 23.2. The highest BCUT2D eigenvalue weighted by atomic mass is 32.2. The average Bonchev–Trinajstić information content (AvgIpc) is 2.66. The Bertz CT molecular complexity index is 1180. The van der Waals surface area contributed by atoms with Gasteiger partial charge in [-0.15, -0.1) is 5.11 Å². The average molecular weight is 474 g/mol. The fourth-order valence-corrected chi connectivity index (χ4v) is 3.73. The van der Waals surface area contributed by atoms with Crippen LogP contribution in [0.2, 0.25) is 0 Å². The number of azo groups is 1. The van der Waals surface area contributed by atoms with Crippen molar-refractivity contribution in [3.8, 4) is 11.5 Å². The summed E-state index contributed by atoms with van der Waals surface area (Å²) in [5, 5.41) is 7.97. The van der Waals surface area contributed by atoms with E-state index in [0.29, 0.717) is 23.4 Å². The molecule has 2 rings (SSSR count). The quantitative estimate of drug-likeness (QED) is 0.202. The molecule has 0 unspecified atom stereocenters. The molecule has 0 saturated heterocycles. The fraction of sp³-hybridized carbons (Fsp3) is 0.333. The Morgan fingerprint density at radius 1 is 1.00 bits per heavy atom. The van der Waals surface area contributed by atoms with Crippen LogP contribution in [0.15, 0.2) is 45.5 Å². The van der Waals surface area contributed by atoms with Gasteiger partial charge in [0.2, 0.25) is 0 Å². The molecule has 0 aliphatic carbocycles. The van der Waals surface area contributed by atoms with Gasteiger partial charge in [0.15, 0.2) is 0 Å². The number of hydrogen-bond donors (Lipinski definition) is 3. The second-order valence-electron chi connectivity index (χ2n) is 6.53. The van der Waals surface area contributed by atoms with Gasteiger partial charge in [0.1, 0.15) is 22.1 Å². The van der Waals surface area contributed by atoms with Crippen LogP contribution in [0.1, 0.15) is 18.4 Å². The normalized spacial score (nSPS) is 12.3. The van der Waals surface area contributed by atoms with Crippen LogP contribution in [-0.4, -0.2) is 45.4 Å². The molecule has 0 fully saturated rings. The van der Waals surface area contributed by atoms with Crippen LogP contribution in [0.3, 0.4) is 0 Å². The maximum atomic E-state index is 11.6. The lowest BCUT2D eigenvalue weighted by Crippen LogP contribution is -2.06. The van der Waals surface area contributed by atoms with Gasteiger partial charge >= 0.3 is 0 Å². The minimum absolute atomic E-state index is 0.0905. The first-order valence-corrected chi connectivity index (χ1v) is 12.0. The van der Waals surface area contributed by atoms with E-state index in [2.05, 4.69) is 10.2 Å². The molecule has 2 aromatic rings. The third-order valence-corrected chi connectivity index (χ3v) is 5.78. The van der Waals surface area contributed by atoms with Crippen molar-refractivity contribution in [2.24, 2.45) is 10.2 Å². The van der Waals surface area contributed by atoms with E-state index in [9.17, 15) is 21.4 Å². The van der Waals surface area contributed by atoms with Crippen LogP contribution in [-0.2, 0) is 20.2 Å². The molecule has 0 radical (unpaired) electrons. The highest BCUT2D eigenvalue weighted by Crippen LogP contribution is 2.34. The molecular formula is C18H23N3O8S2. The number of aryl methyl sites for hydroxylation is 1. The zero-order valence-corrected chi connectivity index (χ0v) is 18.5. The maximum absolute atomic E-state index is 11.6. The molecule has 0 aliphatic heterocycles. The van der Waals surface area contributed by atoms with Gasteiger partial charge in [0.05, 0.1) is 30.8 Å². The molecule has 0 heterocycles. The van der Waals surface area contributed by atoms with E-state index in [1.54, 1.807) is 13.0 Å². The van der Waals surface area contributed by atoms with Gasteiger partial charge in [-0.05, 0) is 43.5 Å². The summed E-state index contributed by atoms with van der Waals surface area (Å²) in [5.74, 6) is 0.146. The zero-order valence-electron chi connectivity index (χ0n) is 16.8. The van der Waals surface area contributed by atoms with Crippen molar-refractivity contribution in [1.82, 2.24) is 0 Å². The van der Waals surface area contributed by atoms with Crippen LogP contribution >= 0.6 is 0 Å². The van der Waals surface area contributed by atoms with Gasteiger partial charge in [0, 0.05) is 12.1 Å². The largest absolute Gasteiger partial charge is 0.497 e. The summed E-state index contributed by atoms with van der Waals surface area (Å²) < 4.78 is 73.4. The number of nitrogens with zero attached hydrogens (tertiary/aromatic N) is 2. The first-order chi connectivity index (χ1) is 14.4. The molecule has 31 heavy (non-hydrogen) atoms. The molecule has 0 bridgehead atoms. The molecule has 0 saturated carbocycles. The lowest BCUT2D eigenvalue weighted by Gasteiger charge is -2.11. The van der Waals surface area contributed by atoms with Gasteiger partial charge in [-0.25, -0.2) is 0 Å². The van der Waals surface area contributed by atoms with E-state index in [1.165, 1.54) is 25.3 Å². The lowest BCUT2D eigenvalue weighted by molar-refractivity contribution is 0.310. The van der Waals surface area contributed by atoms with E-state index in [1.807, 2.05) is 0 Å². The molecule has 0 aliphatic rings. The van der Waals surface area contributed by atoms with Gasteiger partial charge in [0.25, 0.3) is 20.2 Å². The smallest absolute Gasteiger partial charge is 0.296 e. The highest BCUT2D eigenvalue weighted by Gasteiger charge is 2.17. The van der Waals surface area contributed by atoms with Crippen molar-refractivity contribution in [3.05, 3.63) is 35.9 Å². The maximum Gasteiger partial charge on any atom is 0.296 e. The topological polar surface area (TPSA) is 178 Å². The van der Waals surface area contributed by atoms with Crippen LogP contribution in [0.4, 0.5) is 17.1 Å². The Labute approximate surface area is 180 Å². The molecule has 0 amide bonds. The standard InChI is InChI=1S/C18H23N3O8S2/c1-12-9-14(19)17(29-7-3-4-8-30(22,23)24)11-16(12)21-20-15-6-5-13(28-2)10-18(15)31(25,26)27/h5-6,9-11H,3-4,7-8,19H2,1-2H3,(H,22,23,24)(H,25,26,27). The summed E-state index contributed by atoms with van der Waals surface area (Å²) >= 11 is 0. The Morgan fingerprint density at radius 2 is 1.68 bits per heavy atom. The number of benzene rings is 2. The Balaban J connectivity index is 2.22. The minimum Gasteiger partial charge on any atom is -0.497 e. The third kappa shape index (κ3) is 7.47. The van der Waals surface area contributed by atoms with E-state index < -0.39 is 25.1 Å². The molecule has 2 aromatic carbocycles. The minimum atomic E-state index is -4.56. The Hall–Kier alpha value is -2.74. The molecular weight excluding hydrogens is 450 g/mol. The molecule has 11 nitrogen and oxygen atoms in total. The number of nitrogens with two attached hydrogens (primary N) is 1. The van der Waals surface area contributed by atoms with Crippen LogP contribution < -0.4 is 15.2 Å². The Morgan fingerprint density at radius 3 is 2.29 bits per heavy atom. The van der Waals surface area contributed by atoms with Gasteiger partial charge in [-0.1, -0.05) is 0 Å². The number of hydrogen-bond acceptors (Lipinski definition) is 9. The molecule has 0 spiro atoms. The number of methoxy groups -OCH3 is 1. The summed E-state index contributed by atoms with van der Waals surface area (Å²) in [6.07, 6.45) is 0.584. The first-order valence-electron chi connectivity index (χ1n) is 8.96. The summed E-state index contributed by atoms with van der Waals surface area (Å²) in [6.45, 7) is 1.88. The summed E-state index contributed by atoms with van der Waals surface area (Å²) in [4.78, 5) is -0.459. The van der Waals surface area contributed by atoms with Gasteiger partial charge in [-0.3, -0.25) is 9.11 Å². The van der Waals surface area contributed by atoms with E-state index in [0.717, 1.165) is 6.07 Å². The van der Waals surface area contributed by atoms with E-state index >= 15 is 0 Å². The summed E-state index contributed by atoms with van der Waals surface area (Å²) in [7, 11) is -7.23. The fourth-order valence-electron chi connectivity index (χ4n) is 2.52. The second-order valence-corrected chi connectivity index (χ2v) is 9.49. The SMILES string of the molecule is COc1ccc(N=Nc2cc(OCCCCS(=O)(=O)O)c(N)cc2C)c(S(=O)(=O)O)c1. The second kappa shape index (κ2) is 10.0. The molecule has 13 heteroatoms. The number of ether oxygens (including phenoxy) is 2. The first kappa shape index (κ1) is 24.5. The van der Waals surface area contributed by atoms with Crippen molar-refractivity contribution in [3.63, 3.8) is 0 Å². The van der Waals surface area contributed by atoms with E-state index in [4.69, 9.17) is 19.8 Å². The van der Waals surface area contributed by atoms with Crippen molar-refractivity contribution in [2.75, 3.05) is 25.2 Å². The number of unbranched alkanes of at least 4 members (excludes halogenated alkanes) is 1. The monoisotopic (exact) mass is 473 g/mol. The molecule has 0 atom stereocenters. The lowest BCUT2D eigenvalue weighted by atomic mass is 10.1. The van der Waals surface area contributed by atoms with Crippen molar-refractivity contribution < 1.29 is 35.4 Å². The van der Waals surface area contributed by atoms with Crippen molar-refractivity contribution in [2.45, 2.75) is 24.7 Å². The molecule has 0 aromatic heterocycles. The van der Waals surface area contributed by atoms with Crippen LogP contribution in [0.5, 0.6) is 11.5 Å².